The molecule has 0 bridgehead atoms. The maximum absolute atomic E-state index is 10.5. The molecule has 3 fully saturated rings. The molecular formula is C16H30IN3O2S. The molecule has 1 aliphatic carbocycles. The number of nitrogens with zero attached hydrogens (tertiary/aromatic N) is 1. The van der Waals surface area contributed by atoms with Gasteiger partial charge in [0.1, 0.15) is 0 Å². The van der Waals surface area contributed by atoms with Gasteiger partial charge in [0.15, 0.2) is 5.96 Å². The largest absolute Gasteiger partial charge is 0.387 e. The average Bonchev–Trinajstić information content (AvgIpc) is 3.10. The second kappa shape index (κ2) is 7.66. The first-order valence-electron chi connectivity index (χ1n) is 8.43. The first-order chi connectivity index (χ1) is 10.5. The van der Waals surface area contributed by atoms with Crippen LogP contribution in [0, 0.1) is 11.3 Å². The zero-order chi connectivity index (χ0) is 15.8. The van der Waals surface area contributed by atoms with Gasteiger partial charge >= 0.3 is 0 Å². The van der Waals surface area contributed by atoms with Crippen molar-refractivity contribution >= 4 is 41.7 Å². The van der Waals surface area contributed by atoms with Crippen molar-refractivity contribution in [3.63, 3.8) is 0 Å². The van der Waals surface area contributed by atoms with Crippen LogP contribution in [0.5, 0.6) is 0 Å². The molecule has 4 unspecified atom stereocenters. The molecule has 134 valence electrons. The molecule has 0 amide bonds. The Kier molecular flexibility index (Phi) is 6.52. The second-order valence-electron chi connectivity index (χ2n) is 7.41. The zero-order valence-corrected chi connectivity index (χ0v) is 17.4. The van der Waals surface area contributed by atoms with Crippen molar-refractivity contribution < 1.29 is 9.84 Å². The molecule has 2 aliphatic heterocycles. The molecule has 0 aromatic heterocycles. The minimum atomic E-state index is -0.624. The summed E-state index contributed by atoms with van der Waals surface area (Å²) < 4.78 is 5.85. The molecule has 2 heterocycles. The number of aliphatic imine (C=N–C) groups is 1. The Labute approximate surface area is 160 Å². The van der Waals surface area contributed by atoms with E-state index in [-0.39, 0.29) is 29.4 Å². The summed E-state index contributed by atoms with van der Waals surface area (Å²) in [6.45, 7) is 8.79. The number of hydrogen-bond donors (Lipinski definition) is 3. The molecule has 0 radical (unpaired) electrons. The lowest BCUT2D eigenvalue weighted by Crippen LogP contribution is -2.68. The monoisotopic (exact) mass is 455 g/mol. The van der Waals surface area contributed by atoms with Gasteiger partial charge in [0.2, 0.25) is 0 Å². The highest BCUT2D eigenvalue weighted by atomic mass is 127. The van der Waals surface area contributed by atoms with Gasteiger partial charge in [-0.1, -0.05) is 13.8 Å². The molecule has 1 saturated carbocycles. The predicted molar refractivity (Wildman–Crippen MR) is 107 cm³/mol. The third kappa shape index (κ3) is 3.93. The van der Waals surface area contributed by atoms with Crippen molar-refractivity contribution in [3.8, 4) is 0 Å². The van der Waals surface area contributed by atoms with Gasteiger partial charge in [-0.2, -0.15) is 11.8 Å². The average molecular weight is 455 g/mol. The molecular weight excluding hydrogens is 425 g/mol. The lowest BCUT2D eigenvalue weighted by atomic mass is 9.57. The Bertz CT molecular complexity index is 441. The van der Waals surface area contributed by atoms with E-state index in [4.69, 9.17) is 4.74 Å². The van der Waals surface area contributed by atoms with Gasteiger partial charge in [-0.3, -0.25) is 4.99 Å². The highest BCUT2D eigenvalue weighted by Gasteiger charge is 2.59. The van der Waals surface area contributed by atoms with Crippen LogP contribution in [0.1, 0.15) is 33.6 Å². The lowest BCUT2D eigenvalue weighted by Gasteiger charge is -2.55. The minimum absolute atomic E-state index is 0. The number of ether oxygens (including phenoxy) is 1. The van der Waals surface area contributed by atoms with E-state index in [1.165, 1.54) is 0 Å². The first-order valence-corrected chi connectivity index (χ1v) is 9.58. The van der Waals surface area contributed by atoms with Gasteiger partial charge < -0.3 is 20.5 Å². The van der Waals surface area contributed by atoms with Crippen LogP contribution < -0.4 is 10.6 Å². The highest BCUT2D eigenvalue weighted by Crippen LogP contribution is 2.52. The fourth-order valence-electron chi connectivity index (χ4n) is 4.03. The Morgan fingerprint density at radius 3 is 2.87 bits per heavy atom. The molecule has 5 nitrogen and oxygen atoms in total. The molecule has 4 atom stereocenters. The van der Waals surface area contributed by atoms with E-state index in [1.807, 2.05) is 11.8 Å². The van der Waals surface area contributed by atoms with Gasteiger partial charge in [-0.25, -0.2) is 0 Å². The van der Waals surface area contributed by atoms with Gasteiger partial charge in [0, 0.05) is 36.3 Å². The van der Waals surface area contributed by atoms with Gasteiger partial charge in [-0.15, -0.1) is 24.0 Å². The van der Waals surface area contributed by atoms with Crippen LogP contribution in [0.3, 0.4) is 0 Å². The van der Waals surface area contributed by atoms with E-state index < -0.39 is 5.60 Å². The summed E-state index contributed by atoms with van der Waals surface area (Å²) in [4.78, 5) is 4.66. The Morgan fingerprint density at radius 2 is 2.22 bits per heavy atom. The van der Waals surface area contributed by atoms with E-state index in [9.17, 15) is 5.11 Å². The Morgan fingerprint density at radius 1 is 1.43 bits per heavy atom. The van der Waals surface area contributed by atoms with E-state index in [1.54, 1.807) is 0 Å². The third-order valence-electron chi connectivity index (χ3n) is 5.35. The van der Waals surface area contributed by atoms with E-state index in [2.05, 4.69) is 36.4 Å². The number of thioether (sulfide) groups is 1. The highest BCUT2D eigenvalue weighted by molar-refractivity contribution is 14.0. The molecule has 3 rings (SSSR count). The smallest absolute Gasteiger partial charge is 0.191 e. The fourth-order valence-corrected chi connectivity index (χ4v) is 5.32. The van der Waals surface area contributed by atoms with Crippen LogP contribution in [0.25, 0.3) is 0 Å². The summed E-state index contributed by atoms with van der Waals surface area (Å²) in [5.74, 6) is 3.25. The maximum Gasteiger partial charge on any atom is 0.191 e. The number of halogens is 1. The lowest BCUT2D eigenvalue weighted by molar-refractivity contribution is -0.106. The van der Waals surface area contributed by atoms with Crippen LogP contribution in [0.4, 0.5) is 0 Å². The fraction of sp³-hybridized carbons (Fsp3) is 0.938. The zero-order valence-electron chi connectivity index (χ0n) is 14.3. The van der Waals surface area contributed by atoms with E-state index in [0.29, 0.717) is 24.6 Å². The molecule has 0 aromatic rings. The van der Waals surface area contributed by atoms with Gasteiger partial charge in [0.25, 0.3) is 0 Å². The van der Waals surface area contributed by atoms with Crippen molar-refractivity contribution in [2.45, 2.75) is 51.4 Å². The molecule has 23 heavy (non-hydrogen) atoms. The summed E-state index contributed by atoms with van der Waals surface area (Å²) in [6.07, 6.45) is 2.35. The summed E-state index contributed by atoms with van der Waals surface area (Å²) in [6, 6.07) is 0.394. The van der Waals surface area contributed by atoms with Crippen molar-refractivity contribution in [1.29, 1.82) is 0 Å². The van der Waals surface area contributed by atoms with Crippen LogP contribution in [-0.2, 0) is 4.74 Å². The summed E-state index contributed by atoms with van der Waals surface area (Å²) in [5.41, 5.74) is -0.487. The summed E-state index contributed by atoms with van der Waals surface area (Å²) in [5, 5.41) is 17.4. The van der Waals surface area contributed by atoms with Crippen molar-refractivity contribution in [3.05, 3.63) is 0 Å². The number of fused-ring (bicyclic) bond motifs is 1. The Hall–Kier alpha value is 0.270. The van der Waals surface area contributed by atoms with Crippen molar-refractivity contribution in [1.82, 2.24) is 10.6 Å². The summed E-state index contributed by atoms with van der Waals surface area (Å²) >= 11 is 1.81. The van der Waals surface area contributed by atoms with Crippen LogP contribution >= 0.6 is 35.7 Å². The second-order valence-corrected chi connectivity index (χ2v) is 8.51. The first kappa shape index (κ1) is 19.6. The number of hydrogen-bond acceptors (Lipinski definition) is 4. The van der Waals surface area contributed by atoms with Gasteiger partial charge in [0.05, 0.1) is 18.2 Å². The Balaban J connectivity index is 0.00000192. The van der Waals surface area contributed by atoms with E-state index in [0.717, 1.165) is 43.5 Å². The van der Waals surface area contributed by atoms with Crippen LogP contribution in [-0.4, -0.2) is 60.0 Å². The molecule has 7 heteroatoms. The van der Waals surface area contributed by atoms with Crippen molar-refractivity contribution in [2.24, 2.45) is 16.3 Å². The van der Waals surface area contributed by atoms with Crippen molar-refractivity contribution in [2.75, 3.05) is 31.2 Å². The number of rotatable bonds is 4. The van der Waals surface area contributed by atoms with E-state index >= 15 is 0 Å². The predicted octanol–water partition coefficient (Wildman–Crippen LogP) is 1.84. The molecule has 0 aromatic carbocycles. The molecule has 2 saturated heterocycles. The minimum Gasteiger partial charge on any atom is -0.387 e. The number of nitrogens with one attached hydrogen (secondary N) is 2. The third-order valence-corrected chi connectivity index (χ3v) is 6.59. The molecule has 3 N–H and O–H groups in total. The number of aliphatic hydroxyl groups is 1. The molecule has 3 aliphatic rings. The topological polar surface area (TPSA) is 65.9 Å². The quantitative estimate of drug-likeness (QED) is 0.343. The SMILES string of the molecule is CCNC(=NCC1(O)CCSC1)NC1C2CCOC2C1(C)C.I. The van der Waals surface area contributed by atoms with Crippen LogP contribution in [0.2, 0.25) is 0 Å². The van der Waals surface area contributed by atoms with Crippen LogP contribution in [0.15, 0.2) is 4.99 Å². The van der Waals surface area contributed by atoms with Gasteiger partial charge in [-0.05, 0) is 25.5 Å². The number of guanidine groups is 1. The normalized spacial score (nSPS) is 38.4. The maximum atomic E-state index is 10.5. The standard InChI is InChI=1S/C16H29N3O2S.HI/c1-4-17-14(18-9-16(20)6-8-22-10-16)19-12-11-5-7-21-13(11)15(12,2)3;/h11-13,20H,4-10H2,1-3H3,(H2,17,18,19);1H. The summed E-state index contributed by atoms with van der Waals surface area (Å²) in [7, 11) is 0. The molecule has 0 spiro atoms.